The van der Waals surface area contributed by atoms with E-state index in [1.54, 1.807) is 24.1 Å². The normalized spacial score (nSPS) is 19.8. The van der Waals surface area contributed by atoms with Crippen molar-refractivity contribution in [2.45, 2.75) is 12.5 Å². The van der Waals surface area contributed by atoms with Gasteiger partial charge in [0.2, 0.25) is 0 Å². The van der Waals surface area contributed by atoms with Crippen LogP contribution in [0, 0.1) is 5.82 Å². The van der Waals surface area contributed by atoms with Crippen LogP contribution >= 0.6 is 0 Å². The number of hydrogen-bond donors (Lipinski definition) is 1. The van der Waals surface area contributed by atoms with Gasteiger partial charge in [0.1, 0.15) is 0 Å². The molecule has 1 aliphatic rings. The Morgan fingerprint density at radius 1 is 1.62 bits per heavy atom. The van der Waals surface area contributed by atoms with Crippen LogP contribution in [0.4, 0.5) is 10.1 Å². The van der Waals surface area contributed by atoms with E-state index in [2.05, 4.69) is 4.98 Å². The molecule has 2 rings (SSSR count). The van der Waals surface area contributed by atoms with Gasteiger partial charge in [-0.25, -0.2) is 4.39 Å². The van der Waals surface area contributed by atoms with Crippen LogP contribution in [0.3, 0.4) is 0 Å². The predicted octanol–water partition coefficient (Wildman–Crippen LogP) is 0.792. The van der Waals surface area contributed by atoms with E-state index in [4.69, 9.17) is 0 Å². The molecule has 2 heterocycles. The van der Waals surface area contributed by atoms with Crippen molar-refractivity contribution in [3.8, 4) is 0 Å². The van der Waals surface area contributed by atoms with Crippen molar-refractivity contribution in [2.75, 3.05) is 18.0 Å². The molecule has 1 aromatic heterocycles. The molecule has 1 N–H and O–H groups in total. The average Bonchev–Trinajstić information content (AvgIpc) is 2.01. The van der Waals surface area contributed by atoms with Crippen molar-refractivity contribution >= 4 is 5.69 Å². The van der Waals surface area contributed by atoms with Crippen LogP contribution in [-0.4, -0.2) is 28.8 Å². The number of nitrogens with zero attached hydrogens (tertiary/aromatic N) is 2. The van der Waals surface area contributed by atoms with E-state index >= 15 is 0 Å². The van der Waals surface area contributed by atoms with E-state index in [1.807, 2.05) is 0 Å². The van der Waals surface area contributed by atoms with Crippen LogP contribution in [0.2, 0.25) is 0 Å². The van der Waals surface area contributed by atoms with E-state index in [0.717, 1.165) is 0 Å². The summed E-state index contributed by atoms with van der Waals surface area (Å²) in [6, 6.07) is 1.62. The summed E-state index contributed by atoms with van der Waals surface area (Å²) < 4.78 is 13.1. The molecule has 0 aliphatic carbocycles. The van der Waals surface area contributed by atoms with Gasteiger partial charge in [0.25, 0.3) is 0 Å². The number of rotatable bonds is 1. The summed E-state index contributed by atoms with van der Waals surface area (Å²) in [4.78, 5) is 5.45. The van der Waals surface area contributed by atoms with Gasteiger partial charge in [0.15, 0.2) is 5.82 Å². The second kappa shape index (κ2) is 2.67. The summed E-state index contributed by atoms with van der Waals surface area (Å²) >= 11 is 0. The monoisotopic (exact) mass is 182 g/mol. The maximum absolute atomic E-state index is 13.1. The van der Waals surface area contributed by atoms with E-state index in [9.17, 15) is 9.50 Å². The smallest absolute Gasteiger partial charge is 0.164 e. The van der Waals surface area contributed by atoms with E-state index < -0.39 is 5.60 Å². The number of pyridine rings is 1. The summed E-state index contributed by atoms with van der Waals surface area (Å²) in [6.45, 7) is 2.70. The highest BCUT2D eigenvalue weighted by atomic mass is 19.1. The Bertz CT molecular complexity index is 319. The third kappa shape index (κ3) is 1.49. The molecular weight excluding hydrogens is 171 g/mol. The first-order chi connectivity index (χ1) is 6.08. The minimum Gasteiger partial charge on any atom is -0.386 e. The van der Waals surface area contributed by atoms with Gasteiger partial charge in [-0.1, -0.05) is 0 Å². The molecule has 1 aromatic rings. The fraction of sp³-hybridized carbons (Fsp3) is 0.444. The number of anilines is 1. The lowest BCUT2D eigenvalue weighted by molar-refractivity contribution is 0.0306. The molecule has 13 heavy (non-hydrogen) atoms. The first-order valence-electron chi connectivity index (χ1n) is 4.15. The van der Waals surface area contributed by atoms with Gasteiger partial charge in [0.05, 0.1) is 17.5 Å². The van der Waals surface area contributed by atoms with Crippen molar-refractivity contribution in [3.05, 3.63) is 24.3 Å². The molecular formula is C9H11FN2O. The zero-order chi connectivity index (χ0) is 9.47. The molecule has 0 atom stereocenters. The number of aliphatic hydroxyl groups is 1. The average molecular weight is 182 g/mol. The van der Waals surface area contributed by atoms with Crippen molar-refractivity contribution in [1.82, 2.24) is 4.98 Å². The largest absolute Gasteiger partial charge is 0.386 e. The Morgan fingerprint density at radius 3 is 2.85 bits per heavy atom. The lowest BCUT2D eigenvalue weighted by atomic mass is 9.96. The second-order valence-corrected chi connectivity index (χ2v) is 3.68. The maximum Gasteiger partial charge on any atom is 0.164 e. The Morgan fingerprint density at radius 2 is 2.31 bits per heavy atom. The highest BCUT2D eigenvalue weighted by Crippen LogP contribution is 2.28. The zero-order valence-corrected chi connectivity index (χ0v) is 7.37. The van der Waals surface area contributed by atoms with Crippen molar-refractivity contribution in [3.63, 3.8) is 0 Å². The number of aromatic nitrogens is 1. The van der Waals surface area contributed by atoms with Gasteiger partial charge in [-0.15, -0.1) is 0 Å². The molecule has 1 saturated heterocycles. The zero-order valence-electron chi connectivity index (χ0n) is 7.37. The Hall–Kier alpha value is -1.16. The minimum atomic E-state index is -0.671. The molecule has 0 spiro atoms. The van der Waals surface area contributed by atoms with Crippen LogP contribution in [-0.2, 0) is 0 Å². The summed E-state index contributed by atoms with van der Waals surface area (Å²) in [6.07, 6.45) is 2.73. The summed E-state index contributed by atoms with van der Waals surface area (Å²) in [5.41, 5.74) is -0.156. The highest BCUT2D eigenvalue weighted by Gasteiger charge is 2.37. The molecule has 0 radical (unpaired) electrons. The molecule has 0 unspecified atom stereocenters. The van der Waals surface area contributed by atoms with Crippen molar-refractivity contribution in [2.24, 2.45) is 0 Å². The third-order valence-corrected chi connectivity index (χ3v) is 2.15. The lowest BCUT2D eigenvalue weighted by Crippen LogP contribution is -2.60. The highest BCUT2D eigenvalue weighted by molar-refractivity contribution is 5.50. The van der Waals surface area contributed by atoms with Gasteiger partial charge < -0.3 is 10.0 Å². The Labute approximate surface area is 75.8 Å². The topological polar surface area (TPSA) is 36.4 Å². The molecule has 0 bridgehead atoms. The number of halogens is 1. The Kier molecular flexibility index (Phi) is 1.73. The van der Waals surface area contributed by atoms with Crippen LogP contribution < -0.4 is 4.90 Å². The number of β-amino-alcohol motifs (C(OH)–C–C–N with tert-alkyl or cyclic N) is 1. The molecule has 0 aromatic carbocycles. The second-order valence-electron chi connectivity index (χ2n) is 3.68. The molecule has 0 saturated carbocycles. The third-order valence-electron chi connectivity index (χ3n) is 2.15. The standard InChI is InChI=1S/C9H11FN2O/c1-9(13)5-12(6-9)8-2-3-11-4-7(8)10/h2-4,13H,5-6H2,1H3. The molecule has 4 heteroatoms. The molecule has 70 valence electrons. The molecule has 0 amide bonds. The predicted molar refractivity (Wildman–Crippen MR) is 47.0 cm³/mol. The first kappa shape index (κ1) is 8.44. The fourth-order valence-electron chi connectivity index (χ4n) is 1.57. The van der Waals surface area contributed by atoms with Crippen molar-refractivity contribution in [1.29, 1.82) is 0 Å². The van der Waals surface area contributed by atoms with E-state index in [0.29, 0.717) is 18.8 Å². The summed E-state index contributed by atoms with van der Waals surface area (Å²) in [5, 5.41) is 9.46. The van der Waals surface area contributed by atoms with Crippen LogP contribution in [0.5, 0.6) is 0 Å². The van der Waals surface area contributed by atoms with Crippen molar-refractivity contribution < 1.29 is 9.50 Å². The van der Waals surface area contributed by atoms with Gasteiger partial charge in [-0.2, -0.15) is 0 Å². The van der Waals surface area contributed by atoms with Gasteiger partial charge in [0, 0.05) is 19.3 Å². The minimum absolute atomic E-state index is 0.335. The number of hydrogen-bond acceptors (Lipinski definition) is 3. The maximum atomic E-state index is 13.1. The fourth-order valence-corrected chi connectivity index (χ4v) is 1.57. The van der Waals surface area contributed by atoms with Crippen LogP contribution in [0.1, 0.15) is 6.92 Å². The van der Waals surface area contributed by atoms with Gasteiger partial charge >= 0.3 is 0 Å². The van der Waals surface area contributed by atoms with Crippen LogP contribution in [0.15, 0.2) is 18.5 Å². The van der Waals surface area contributed by atoms with E-state index in [-0.39, 0.29) is 5.82 Å². The molecule has 3 nitrogen and oxygen atoms in total. The van der Waals surface area contributed by atoms with Gasteiger partial charge in [-0.05, 0) is 13.0 Å². The molecule has 1 fully saturated rings. The Balaban J connectivity index is 2.16. The summed E-state index contributed by atoms with van der Waals surface area (Å²) in [7, 11) is 0. The first-order valence-corrected chi connectivity index (χ1v) is 4.15. The quantitative estimate of drug-likeness (QED) is 0.697. The van der Waals surface area contributed by atoms with E-state index in [1.165, 1.54) is 6.20 Å². The molecule has 1 aliphatic heterocycles. The SMILES string of the molecule is CC1(O)CN(c2ccncc2F)C1. The summed E-state index contributed by atoms with van der Waals surface area (Å²) in [5.74, 6) is -0.335. The lowest BCUT2D eigenvalue weighted by Gasteiger charge is -2.45. The van der Waals surface area contributed by atoms with Gasteiger partial charge in [-0.3, -0.25) is 4.98 Å². The van der Waals surface area contributed by atoms with Crippen LogP contribution in [0.25, 0.3) is 0 Å².